The van der Waals surface area contributed by atoms with Crippen molar-refractivity contribution in [2.45, 2.75) is 51.7 Å². The highest BCUT2D eigenvalue weighted by molar-refractivity contribution is 5.79. The summed E-state index contributed by atoms with van der Waals surface area (Å²) >= 11 is 0. The Hall–Kier alpha value is -1.26. The number of hydrogen-bond donors (Lipinski definition) is 2. The van der Waals surface area contributed by atoms with Gasteiger partial charge in [-0.15, -0.1) is 0 Å². The van der Waals surface area contributed by atoms with Gasteiger partial charge in [-0.25, -0.2) is 4.79 Å². The summed E-state index contributed by atoms with van der Waals surface area (Å²) in [6, 6.07) is -0.278. The van der Waals surface area contributed by atoms with Crippen molar-refractivity contribution in [3.05, 3.63) is 0 Å². The summed E-state index contributed by atoms with van der Waals surface area (Å²) in [6.45, 7) is 5.36. The minimum absolute atomic E-state index is 0.278. The van der Waals surface area contributed by atoms with Crippen LogP contribution >= 0.6 is 0 Å². The molecule has 1 amide bonds. The molecule has 0 aromatic heterocycles. The van der Waals surface area contributed by atoms with Gasteiger partial charge in [0.1, 0.15) is 5.60 Å². The first kappa shape index (κ1) is 12.2. The van der Waals surface area contributed by atoms with E-state index >= 15 is 0 Å². The standard InChI is InChI=1S/C12H19NO4/c1-11(2,3)17-10(16)13-8-4-7-5-12(8,6-7)9(14)15/h7-8H,4-6H2,1-3H3,(H,13,16)(H,14,15). The third-order valence-electron chi connectivity index (χ3n) is 3.66. The second kappa shape index (κ2) is 3.62. The van der Waals surface area contributed by atoms with E-state index in [0.717, 1.165) is 6.42 Å². The molecule has 0 aromatic carbocycles. The fraction of sp³-hybridized carbons (Fsp3) is 0.833. The lowest BCUT2D eigenvalue weighted by molar-refractivity contribution is -0.154. The number of carbonyl (C=O) groups excluding carboxylic acids is 1. The van der Waals surface area contributed by atoms with Gasteiger partial charge in [-0.3, -0.25) is 4.79 Å². The van der Waals surface area contributed by atoms with Crippen molar-refractivity contribution in [1.29, 1.82) is 0 Å². The Balaban J connectivity index is 1.96. The Labute approximate surface area is 101 Å². The van der Waals surface area contributed by atoms with Crippen LogP contribution in [0, 0.1) is 11.3 Å². The van der Waals surface area contributed by atoms with Crippen LogP contribution in [0.4, 0.5) is 4.79 Å². The molecule has 0 aromatic rings. The van der Waals surface area contributed by atoms with Crippen molar-refractivity contribution < 1.29 is 19.4 Å². The molecule has 17 heavy (non-hydrogen) atoms. The predicted octanol–water partition coefficient (Wildman–Crippen LogP) is 1.76. The SMILES string of the molecule is CC(C)(C)OC(=O)NC1CC2CC1(C(=O)O)C2. The normalized spacial score (nSPS) is 35.0. The Morgan fingerprint density at radius 1 is 1.35 bits per heavy atom. The molecule has 3 aliphatic rings. The second-order valence-electron chi connectivity index (χ2n) is 6.17. The highest BCUT2D eigenvalue weighted by Crippen LogP contribution is 2.58. The van der Waals surface area contributed by atoms with Gasteiger partial charge < -0.3 is 15.2 Å². The molecule has 2 bridgehead atoms. The highest BCUT2D eigenvalue weighted by Gasteiger charge is 2.62. The van der Waals surface area contributed by atoms with Crippen molar-refractivity contribution in [2.24, 2.45) is 11.3 Å². The third-order valence-corrected chi connectivity index (χ3v) is 3.66. The van der Waals surface area contributed by atoms with Gasteiger partial charge in [0.05, 0.1) is 5.41 Å². The van der Waals surface area contributed by atoms with Crippen LogP contribution in [0.5, 0.6) is 0 Å². The zero-order valence-corrected chi connectivity index (χ0v) is 10.4. The summed E-state index contributed by atoms with van der Waals surface area (Å²) in [5.41, 5.74) is -1.29. The van der Waals surface area contributed by atoms with Crippen LogP contribution in [0.1, 0.15) is 40.0 Å². The Morgan fingerprint density at radius 2 is 1.94 bits per heavy atom. The molecule has 5 nitrogen and oxygen atoms in total. The van der Waals surface area contributed by atoms with Gasteiger partial charge in [-0.1, -0.05) is 0 Å². The number of ether oxygens (including phenoxy) is 1. The number of carbonyl (C=O) groups is 2. The molecule has 0 radical (unpaired) electrons. The summed E-state index contributed by atoms with van der Waals surface area (Å²) in [7, 11) is 0. The molecule has 0 saturated heterocycles. The van der Waals surface area contributed by atoms with Crippen molar-refractivity contribution >= 4 is 12.1 Å². The van der Waals surface area contributed by atoms with E-state index in [4.69, 9.17) is 4.74 Å². The van der Waals surface area contributed by atoms with Crippen LogP contribution in [0.3, 0.4) is 0 Å². The summed E-state index contributed by atoms with van der Waals surface area (Å²) in [5, 5.41) is 11.9. The van der Waals surface area contributed by atoms with E-state index in [1.165, 1.54) is 0 Å². The average Bonchev–Trinajstić information content (AvgIpc) is 2.52. The fourth-order valence-corrected chi connectivity index (χ4v) is 2.95. The summed E-state index contributed by atoms with van der Waals surface area (Å²) in [4.78, 5) is 22.9. The smallest absolute Gasteiger partial charge is 0.407 e. The Morgan fingerprint density at radius 3 is 2.41 bits per heavy atom. The van der Waals surface area contributed by atoms with E-state index in [1.807, 2.05) is 0 Å². The molecule has 3 saturated carbocycles. The number of carboxylic acid groups (broad SMARTS) is 1. The van der Waals surface area contributed by atoms with Gasteiger partial charge in [0.2, 0.25) is 0 Å². The first-order valence-electron chi connectivity index (χ1n) is 5.96. The number of alkyl carbamates (subject to hydrolysis) is 1. The maximum atomic E-state index is 11.6. The minimum atomic E-state index is -0.799. The predicted molar refractivity (Wildman–Crippen MR) is 60.6 cm³/mol. The van der Waals surface area contributed by atoms with Gasteiger partial charge in [0.25, 0.3) is 0 Å². The van der Waals surface area contributed by atoms with Crippen molar-refractivity contribution in [3.63, 3.8) is 0 Å². The summed E-state index contributed by atoms with van der Waals surface area (Å²) in [5.74, 6) is -0.349. The Kier molecular flexibility index (Phi) is 2.60. The molecular weight excluding hydrogens is 222 g/mol. The molecule has 0 spiro atoms. The van der Waals surface area contributed by atoms with E-state index in [-0.39, 0.29) is 6.04 Å². The van der Waals surface area contributed by atoms with Crippen molar-refractivity contribution in [3.8, 4) is 0 Å². The first-order valence-corrected chi connectivity index (χ1v) is 5.96. The molecule has 2 N–H and O–H groups in total. The maximum absolute atomic E-state index is 11.6. The van der Waals surface area contributed by atoms with E-state index < -0.39 is 23.1 Å². The number of fused-ring (bicyclic) bond motifs is 1. The van der Waals surface area contributed by atoms with Crippen molar-refractivity contribution in [1.82, 2.24) is 5.32 Å². The van der Waals surface area contributed by atoms with Crippen LogP contribution in [0.15, 0.2) is 0 Å². The molecule has 3 rings (SSSR count). The fourth-order valence-electron chi connectivity index (χ4n) is 2.95. The van der Waals surface area contributed by atoms with Crippen LogP contribution < -0.4 is 5.32 Å². The van der Waals surface area contributed by atoms with Gasteiger partial charge in [-0.2, -0.15) is 0 Å². The maximum Gasteiger partial charge on any atom is 0.407 e. The molecule has 1 unspecified atom stereocenters. The quantitative estimate of drug-likeness (QED) is 0.772. The zero-order valence-electron chi connectivity index (χ0n) is 10.4. The van der Waals surface area contributed by atoms with Gasteiger partial charge >= 0.3 is 12.1 Å². The number of nitrogens with one attached hydrogen (secondary N) is 1. The molecule has 1 atom stereocenters. The molecule has 0 aliphatic heterocycles. The van der Waals surface area contributed by atoms with Crippen LogP contribution in [0.2, 0.25) is 0 Å². The molecule has 0 heterocycles. The molecule has 3 aliphatic carbocycles. The van der Waals surface area contributed by atoms with Crippen LogP contribution in [-0.4, -0.2) is 28.8 Å². The zero-order chi connectivity index (χ0) is 12.8. The highest BCUT2D eigenvalue weighted by atomic mass is 16.6. The lowest BCUT2D eigenvalue weighted by Gasteiger charge is -2.37. The average molecular weight is 241 g/mol. The second-order valence-corrected chi connectivity index (χ2v) is 6.17. The van der Waals surface area contributed by atoms with Gasteiger partial charge in [-0.05, 0) is 46.0 Å². The largest absolute Gasteiger partial charge is 0.481 e. The molecule has 96 valence electrons. The van der Waals surface area contributed by atoms with Crippen molar-refractivity contribution in [2.75, 3.05) is 0 Å². The van der Waals surface area contributed by atoms with E-state index in [2.05, 4.69) is 5.32 Å². The molecular formula is C12H19NO4. The lowest BCUT2D eigenvalue weighted by atomic mass is 9.68. The number of aliphatic carboxylic acids is 1. The van der Waals surface area contributed by atoms with E-state index in [9.17, 15) is 14.7 Å². The number of amides is 1. The van der Waals surface area contributed by atoms with E-state index in [0.29, 0.717) is 18.8 Å². The summed E-state index contributed by atoms with van der Waals surface area (Å²) in [6.07, 6.45) is 1.60. The minimum Gasteiger partial charge on any atom is -0.481 e. The first-order chi connectivity index (χ1) is 7.73. The third kappa shape index (κ3) is 2.10. The van der Waals surface area contributed by atoms with Crippen LogP contribution in [0.25, 0.3) is 0 Å². The number of hydrogen-bond acceptors (Lipinski definition) is 3. The molecule has 3 fully saturated rings. The monoisotopic (exact) mass is 241 g/mol. The topological polar surface area (TPSA) is 75.6 Å². The Bertz CT molecular complexity index is 352. The molecule has 5 heteroatoms. The van der Waals surface area contributed by atoms with Crippen LogP contribution in [-0.2, 0) is 9.53 Å². The number of carboxylic acids is 1. The number of rotatable bonds is 2. The van der Waals surface area contributed by atoms with E-state index in [1.54, 1.807) is 20.8 Å². The summed E-state index contributed by atoms with van der Waals surface area (Å²) < 4.78 is 5.15. The lowest BCUT2D eigenvalue weighted by Crippen LogP contribution is -2.50. The van der Waals surface area contributed by atoms with Gasteiger partial charge in [0.15, 0.2) is 0 Å². The van der Waals surface area contributed by atoms with Gasteiger partial charge in [0, 0.05) is 6.04 Å².